The van der Waals surface area contributed by atoms with Gasteiger partial charge in [0.15, 0.2) is 0 Å². The first-order chi connectivity index (χ1) is 10.4. The van der Waals surface area contributed by atoms with Crippen LogP contribution in [0.15, 0.2) is 21.8 Å². The van der Waals surface area contributed by atoms with E-state index in [0.717, 1.165) is 23.1 Å². The van der Waals surface area contributed by atoms with Gasteiger partial charge in [0.05, 0.1) is 10.6 Å². The van der Waals surface area contributed by atoms with E-state index < -0.39 is 15.7 Å². The molecule has 0 saturated carbocycles. The molecule has 0 unspecified atom stereocenters. The highest BCUT2D eigenvalue weighted by Gasteiger charge is 2.21. The van der Waals surface area contributed by atoms with Gasteiger partial charge in [0.1, 0.15) is 0 Å². The fourth-order valence-corrected chi connectivity index (χ4v) is 3.36. The Morgan fingerprint density at radius 2 is 1.82 bits per heavy atom. The van der Waals surface area contributed by atoms with Crippen LogP contribution in [-0.2, 0) is 22.9 Å². The van der Waals surface area contributed by atoms with Crippen LogP contribution >= 0.6 is 0 Å². The predicted octanol–water partition coefficient (Wildman–Crippen LogP) is 0.508. The van der Waals surface area contributed by atoms with E-state index in [0.29, 0.717) is 24.1 Å². The maximum absolute atomic E-state index is 11.8. The van der Waals surface area contributed by atoms with Gasteiger partial charge < -0.3 is 0 Å². The summed E-state index contributed by atoms with van der Waals surface area (Å²) in [5, 5.41) is 14.8. The van der Waals surface area contributed by atoms with Crippen molar-refractivity contribution in [2.75, 3.05) is 0 Å². The number of rotatable bonds is 6. The molecule has 2 aromatic rings. The van der Waals surface area contributed by atoms with Gasteiger partial charge in [-0.15, -0.1) is 0 Å². The molecule has 0 radical (unpaired) electrons. The van der Waals surface area contributed by atoms with E-state index in [2.05, 4.69) is 15.5 Å². The molecule has 2 rings (SSSR count). The lowest BCUT2D eigenvalue weighted by atomic mass is 9.97. The van der Waals surface area contributed by atoms with Crippen LogP contribution in [0.3, 0.4) is 0 Å². The summed E-state index contributed by atoms with van der Waals surface area (Å²) in [4.78, 5) is 11.9. The zero-order valence-electron chi connectivity index (χ0n) is 12.5. The van der Waals surface area contributed by atoms with Gasteiger partial charge in [-0.05, 0) is 46.5 Å². The molecule has 120 valence electrons. The van der Waals surface area contributed by atoms with Gasteiger partial charge in [0.25, 0.3) is 0 Å². The Morgan fingerprint density at radius 3 is 2.32 bits per heavy atom. The number of hydrogen-bond donors (Lipinski definition) is 2. The molecule has 1 aromatic carbocycles. The Bertz CT molecular complexity index is 822. The van der Waals surface area contributed by atoms with Crippen LogP contribution in [0.2, 0.25) is 0 Å². The molecule has 0 saturated heterocycles. The van der Waals surface area contributed by atoms with E-state index in [4.69, 9.17) is 5.14 Å². The van der Waals surface area contributed by atoms with Crippen molar-refractivity contribution < 1.29 is 8.42 Å². The molecule has 0 amide bonds. The first kappa shape index (κ1) is 16.4. The molecule has 3 N–H and O–H groups in total. The molecule has 0 aliphatic rings. The number of tetrazole rings is 1. The molecule has 1 heterocycles. The van der Waals surface area contributed by atoms with Crippen LogP contribution in [0.4, 0.5) is 0 Å². The number of aromatic amines is 1. The molecule has 22 heavy (non-hydrogen) atoms. The summed E-state index contributed by atoms with van der Waals surface area (Å²) in [5.74, 6) is 0. The molecule has 0 bridgehead atoms. The lowest BCUT2D eigenvalue weighted by Crippen LogP contribution is -2.21. The standard InChI is InChI=1S/C13H19N5O3S/c1-3-5-9-10(6-4-2)12(22(14,20)21)8-7-11(9)18-13(19)15-16-17-18/h7-8H,3-6H2,1-2H3,(H2,14,20,21)(H,15,17,19). The van der Waals surface area contributed by atoms with Gasteiger partial charge in [-0.2, -0.15) is 4.68 Å². The highest BCUT2D eigenvalue weighted by Crippen LogP contribution is 2.27. The number of benzene rings is 1. The third kappa shape index (κ3) is 3.09. The van der Waals surface area contributed by atoms with Crippen molar-refractivity contribution in [2.24, 2.45) is 5.14 Å². The molecule has 1 aromatic heterocycles. The first-order valence-corrected chi connectivity index (χ1v) is 8.63. The van der Waals surface area contributed by atoms with Crippen molar-refractivity contribution in [1.82, 2.24) is 20.2 Å². The quantitative estimate of drug-likeness (QED) is 0.800. The number of primary sulfonamides is 1. The molecular formula is C13H19N5O3S. The summed E-state index contributed by atoms with van der Waals surface area (Å²) < 4.78 is 24.8. The minimum atomic E-state index is -3.82. The molecule has 0 atom stereocenters. The number of hydrogen-bond acceptors (Lipinski definition) is 5. The van der Waals surface area contributed by atoms with Crippen molar-refractivity contribution >= 4 is 10.0 Å². The van der Waals surface area contributed by atoms with Crippen LogP contribution in [-0.4, -0.2) is 28.6 Å². The van der Waals surface area contributed by atoms with E-state index in [1.807, 2.05) is 13.8 Å². The predicted molar refractivity (Wildman–Crippen MR) is 81.3 cm³/mol. The summed E-state index contributed by atoms with van der Waals surface area (Å²) >= 11 is 0. The summed E-state index contributed by atoms with van der Waals surface area (Å²) in [6, 6.07) is 2.98. The average Bonchev–Trinajstić information content (AvgIpc) is 2.85. The van der Waals surface area contributed by atoms with Crippen LogP contribution in [0.25, 0.3) is 5.69 Å². The average molecular weight is 325 g/mol. The summed E-state index contributed by atoms with van der Waals surface area (Å²) in [6.45, 7) is 3.94. The van der Waals surface area contributed by atoms with Crippen molar-refractivity contribution in [2.45, 2.75) is 44.4 Å². The van der Waals surface area contributed by atoms with Gasteiger partial charge >= 0.3 is 5.69 Å². The number of aromatic nitrogens is 4. The maximum atomic E-state index is 11.8. The highest BCUT2D eigenvalue weighted by molar-refractivity contribution is 7.89. The number of H-pyrrole nitrogens is 1. The zero-order chi connectivity index (χ0) is 16.3. The Balaban J connectivity index is 2.79. The van der Waals surface area contributed by atoms with Crippen LogP contribution in [0.1, 0.15) is 37.8 Å². The van der Waals surface area contributed by atoms with Crippen molar-refractivity contribution in [1.29, 1.82) is 0 Å². The fourth-order valence-electron chi connectivity index (χ4n) is 2.53. The fraction of sp³-hybridized carbons (Fsp3) is 0.462. The van der Waals surface area contributed by atoms with E-state index >= 15 is 0 Å². The second-order valence-electron chi connectivity index (χ2n) is 5.00. The van der Waals surface area contributed by atoms with E-state index in [-0.39, 0.29) is 4.90 Å². The van der Waals surface area contributed by atoms with E-state index in [1.54, 1.807) is 6.07 Å². The topological polar surface area (TPSA) is 124 Å². The number of nitrogens with zero attached hydrogens (tertiary/aromatic N) is 3. The first-order valence-electron chi connectivity index (χ1n) is 7.08. The minimum Gasteiger partial charge on any atom is -0.244 e. The lowest BCUT2D eigenvalue weighted by Gasteiger charge is -2.16. The van der Waals surface area contributed by atoms with Crippen molar-refractivity contribution in [3.05, 3.63) is 33.7 Å². The monoisotopic (exact) mass is 325 g/mol. The van der Waals surface area contributed by atoms with Crippen LogP contribution < -0.4 is 10.8 Å². The highest BCUT2D eigenvalue weighted by atomic mass is 32.2. The SMILES string of the molecule is CCCc1c(-n2nn[nH]c2=O)ccc(S(N)(=O)=O)c1CCC. The molecule has 0 fully saturated rings. The number of nitrogens with one attached hydrogen (secondary N) is 1. The Hall–Kier alpha value is -2.00. The summed E-state index contributed by atoms with van der Waals surface area (Å²) in [5.41, 5.74) is 1.49. The van der Waals surface area contributed by atoms with E-state index in [9.17, 15) is 13.2 Å². The van der Waals surface area contributed by atoms with Crippen LogP contribution in [0.5, 0.6) is 0 Å². The third-order valence-electron chi connectivity index (χ3n) is 3.37. The molecule has 0 spiro atoms. The molecule has 9 heteroatoms. The van der Waals surface area contributed by atoms with E-state index in [1.165, 1.54) is 6.07 Å². The lowest BCUT2D eigenvalue weighted by molar-refractivity contribution is 0.595. The molecule has 8 nitrogen and oxygen atoms in total. The molecular weight excluding hydrogens is 306 g/mol. The second-order valence-corrected chi connectivity index (χ2v) is 6.53. The van der Waals surface area contributed by atoms with Gasteiger partial charge in [-0.25, -0.2) is 23.4 Å². The number of nitrogens with two attached hydrogens (primary N) is 1. The Kier molecular flexibility index (Phi) is 4.77. The maximum Gasteiger partial charge on any atom is 0.365 e. The van der Waals surface area contributed by atoms with Gasteiger partial charge in [0.2, 0.25) is 10.0 Å². The van der Waals surface area contributed by atoms with Gasteiger partial charge in [-0.1, -0.05) is 26.7 Å². The third-order valence-corrected chi connectivity index (χ3v) is 4.37. The normalized spacial score (nSPS) is 11.8. The van der Waals surface area contributed by atoms with Crippen molar-refractivity contribution in [3.63, 3.8) is 0 Å². The van der Waals surface area contributed by atoms with Crippen molar-refractivity contribution in [3.8, 4) is 5.69 Å². The number of sulfonamides is 1. The molecule has 0 aliphatic heterocycles. The van der Waals surface area contributed by atoms with Gasteiger partial charge in [0, 0.05) is 0 Å². The largest absolute Gasteiger partial charge is 0.365 e. The summed E-state index contributed by atoms with van der Waals surface area (Å²) in [7, 11) is -3.82. The minimum absolute atomic E-state index is 0.109. The Labute approximate surface area is 128 Å². The Morgan fingerprint density at radius 1 is 1.18 bits per heavy atom. The summed E-state index contributed by atoms with van der Waals surface area (Å²) in [6.07, 6.45) is 2.73. The second kappa shape index (κ2) is 6.41. The van der Waals surface area contributed by atoms with Gasteiger partial charge in [-0.3, -0.25) is 0 Å². The van der Waals surface area contributed by atoms with Crippen LogP contribution in [0, 0.1) is 0 Å². The molecule has 0 aliphatic carbocycles. The zero-order valence-corrected chi connectivity index (χ0v) is 13.4. The smallest absolute Gasteiger partial charge is 0.244 e.